The highest BCUT2D eigenvalue weighted by molar-refractivity contribution is 5.27. The van der Waals surface area contributed by atoms with Gasteiger partial charge in [0.15, 0.2) is 0 Å². The number of nitrogens with one attached hydrogen (secondary N) is 1. The average molecular weight is 499 g/mol. The molecule has 6 rings (SSSR count). The molecule has 2 heterocycles. The van der Waals surface area contributed by atoms with Gasteiger partial charge in [-0.15, -0.1) is 0 Å². The lowest BCUT2D eigenvalue weighted by Crippen LogP contribution is -2.62. The van der Waals surface area contributed by atoms with Crippen LogP contribution in [0.5, 0.6) is 0 Å². The average Bonchev–Trinajstić information content (AvgIpc) is 3.16. The lowest BCUT2D eigenvalue weighted by Gasteiger charge is -2.64. The van der Waals surface area contributed by atoms with E-state index < -0.39 is 5.60 Å². The Balaban J connectivity index is 1.12. The fourth-order valence-electron chi connectivity index (χ4n) is 9.76. The van der Waals surface area contributed by atoms with Crippen molar-refractivity contribution in [1.29, 1.82) is 0 Å². The summed E-state index contributed by atoms with van der Waals surface area (Å²) < 4.78 is 10.7. The van der Waals surface area contributed by atoms with E-state index in [-0.39, 0.29) is 17.0 Å². The van der Waals surface area contributed by atoms with E-state index in [1.165, 1.54) is 32.1 Å². The van der Waals surface area contributed by atoms with Crippen molar-refractivity contribution in [2.45, 2.75) is 89.2 Å². The van der Waals surface area contributed by atoms with Crippen molar-refractivity contribution in [2.24, 2.45) is 28.6 Å². The Morgan fingerprint density at radius 2 is 1.86 bits per heavy atom. The molecule has 4 aliphatic carbocycles. The number of rotatable bonds is 5. The number of fused-ring (bicyclic) bond motifs is 5. The first-order chi connectivity index (χ1) is 17.3. The third-order valence-electron chi connectivity index (χ3n) is 11.9. The molecular weight excluding hydrogens is 452 g/mol. The van der Waals surface area contributed by atoms with Crippen molar-refractivity contribution in [2.75, 3.05) is 39.4 Å². The van der Waals surface area contributed by atoms with Crippen molar-refractivity contribution in [3.63, 3.8) is 0 Å². The Bertz CT molecular complexity index is 971. The molecule has 2 unspecified atom stereocenters. The molecule has 6 heteroatoms. The van der Waals surface area contributed by atoms with E-state index in [1.54, 1.807) is 12.3 Å². The van der Waals surface area contributed by atoms with Gasteiger partial charge in [-0.05, 0) is 98.5 Å². The van der Waals surface area contributed by atoms with E-state index in [0.29, 0.717) is 23.3 Å². The monoisotopic (exact) mass is 498 g/mol. The van der Waals surface area contributed by atoms with Crippen LogP contribution < -0.4 is 10.9 Å². The van der Waals surface area contributed by atoms with Crippen molar-refractivity contribution in [3.05, 3.63) is 34.4 Å². The number of morpholine rings is 1. The zero-order valence-corrected chi connectivity index (χ0v) is 22.3. The van der Waals surface area contributed by atoms with Gasteiger partial charge in [-0.1, -0.05) is 13.8 Å². The minimum Gasteiger partial charge on any atom is -0.431 e. The minimum atomic E-state index is -0.613. The second kappa shape index (κ2) is 9.52. The molecule has 0 spiro atoms. The second-order valence-electron chi connectivity index (χ2n) is 13.2. The Labute approximate surface area is 216 Å². The van der Waals surface area contributed by atoms with Gasteiger partial charge in [0, 0.05) is 43.7 Å². The Morgan fingerprint density at radius 1 is 1.03 bits per heavy atom. The van der Waals surface area contributed by atoms with E-state index in [2.05, 4.69) is 24.1 Å². The summed E-state index contributed by atoms with van der Waals surface area (Å²) in [7, 11) is 0. The zero-order chi connectivity index (χ0) is 25.0. The Hall–Kier alpha value is -1.21. The summed E-state index contributed by atoms with van der Waals surface area (Å²) in [5.74, 6) is 2.05. The third-order valence-corrected chi connectivity index (χ3v) is 11.9. The van der Waals surface area contributed by atoms with Gasteiger partial charge in [-0.2, -0.15) is 0 Å². The molecule has 0 radical (unpaired) electrons. The summed E-state index contributed by atoms with van der Waals surface area (Å²) in [4.78, 5) is 14.1. The second-order valence-corrected chi connectivity index (χ2v) is 13.2. The molecular formula is C30H46N2O4. The van der Waals surface area contributed by atoms with Crippen LogP contribution >= 0.6 is 0 Å². The van der Waals surface area contributed by atoms with E-state index in [1.807, 2.05) is 6.07 Å². The SMILES string of the molecule is C[C@]12CCC(NCCN3CCOCC3)C[C@H]1CC[C@@H]1C2CC[C@]2(C)[C@@H](c3ccc(=O)oc3)CC[C@]12O. The van der Waals surface area contributed by atoms with Crippen molar-refractivity contribution >= 4 is 0 Å². The fraction of sp³-hybridized carbons (Fsp3) is 0.833. The number of nitrogens with zero attached hydrogens (tertiary/aromatic N) is 1. The largest absolute Gasteiger partial charge is 0.431 e. The van der Waals surface area contributed by atoms with Crippen LogP contribution in [0.2, 0.25) is 0 Å². The van der Waals surface area contributed by atoms with Gasteiger partial charge in [-0.25, -0.2) is 4.79 Å². The first-order valence-corrected chi connectivity index (χ1v) is 14.7. The number of ether oxygens (including phenoxy) is 1. The minimum absolute atomic E-state index is 0.143. The van der Waals surface area contributed by atoms with Crippen LogP contribution in [0.15, 0.2) is 27.6 Å². The van der Waals surface area contributed by atoms with Gasteiger partial charge in [0.1, 0.15) is 0 Å². The van der Waals surface area contributed by atoms with Gasteiger partial charge >= 0.3 is 5.63 Å². The van der Waals surface area contributed by atoms with E-state index >= 15 is 0 Å². The standard InChI is InChI=1S/C30H46N2O4/c1-28-10-7-23(31-13-14-32-15-17-35-18-16-32)19-22(28)4-5-26-25(28)8-11-29(2)24(9-12-30(26,29)34)21-3-6-27(33)36-20-21/h3,6,20,22-26,31,34H,4-5,7-19H2,1-2H3/t22-,23?,24-,25?,26-,28+,29-,30+/m1/s1. The summed E-state index contributed by atoms with van der Waals surface area (Å²) in [6.07, 6.45) is 12.1. The molecule has 0 amide bonds. The number of aliphatic hydroxyl groups is 1. The molecule has 200 valence electrons. The van der Waals surface area contributed by atoms with Gasteiger partial charge < -0.3 is 19.6 Å². The highest BCUT2D eigenvalue weighted by Crippen LogP contribution is 2.70. The zero-order valence-electron chi connectivity index (χ0n) is 22.3. The van der Waals surface area contributed by atoms with Gasteiger partial charge in [-0.3, -0.25) is 4.90 Å². The summed E-state index contributed by atoms with van der Waals surface area (Å²) in [6, 6.07) is 4.12. The first kappa shape index (κ1) is 25.1. The van der Waals surface area contributed by atoms with Crippen LogP contribution in [-0.4, -0.2) is 61.0 Å². The van der Waals surface area contributed by atoms with E-state index in [4.69, 9.17) is 9.15 Å². The van der Waals surface area contributed by atoms with Crippen molar-refractivity contribution in [1.82, 2.24) is 10.2 Å². The van der Waals surface area contributed by atoms with Gasteiger partial charge in [0.25, 0.3) is 0 Å². The topological polar surface area (TPSA) is 74.9 Å². The summed E-state index contributed by atoms with van der Waals surface area (Å²) in [6.45, 7) is 11.0. The molecule has 1 aromatic heterocycles. The molecule has 8 atom stereocenters. The Kier molecular flexibility index (Phi) is 6.63. The lowest BCUT2D eigenvalue weighted by molar-refractivity contribution is -0.202. The van der Waals surface area contributed by atoms with E-state index in [0.717, 1.165) is 76.6 Å². The van der Waals surface area contributed by atoms with Crippen LogP contribution in [-0.2, 0) is 4.74 Å². The molecule has 5 fully saturated rings. The van der Waals surface area contributed by atoms with Crippen LogP contribution in [0.4, 0.5) is 0 Å². The molecule has 1 aromatic rings. The maximum absolute atomic E-state index is 12.4. The molecule has 0 bridgehead atoms. The quantitative estimate of drug-likeness (QED) is 0.635. The predicted octanol–water partition coefficient (Wildman–Crippen LogP) is 4.17. The van der Waals surface area contributed by atoms with Crippen LogP contribution in [0.25, 0.3) is 0 Å². The molecule has 36 heavy (non-hydrogen) atoms. The maximum atomic E-state index is 12.4. The van der Waals surface area contributed by atoms with Gasteiger partial charge in [0.2, 0.25) is 0 Å². The highest BCUT2D eigenvalue weighted by atomic mass is 16.5. The molecule has 6 nitrogen and oxygen atoms in total. The van der Waals surface area contributed by atoms with Crippen LogP contribution in [0.1, 0.15) is 83.1 Å². The molecule has 0 aromatic carbocycles. The number of hydrogen-bond donors (Lipinski definition) is 2. The predicted molar refractivity (Wildman–Crippen MR) is 140 cm³/mol. The molecule has 2 N–H and O–H groups in total. The summed E-state index contributed by atoms with van der Waals surface area (Å²) >= 11 is 0. The molecule has 5 aliphatic rings. The van der Waals surface area contributed by atoms with Crippen molar-refractivity contribution < 1.29 is 14.3 Å². The number of hydrogen-bond acceptors (Lipinski definition) is 6. The smallest absolute Gasteiger partial charge is 0.335 e. The molecule has 1 saturated heterocycles. The molecule has 4 saturated carbocycles. The van der Waals surface area contributed by atoms with Crippen LogP contribution in [0.3, 0.4) is 0 Å². The molecule has 1 aliphatic heterocycles. The summed E-state index contributed by atoms with van der Waals surface area (Å²) in [5.41, 5.74) is 0.390. The normalized spacial score (nSPS) is 45.0. The van der Waals surface area contributed by atoms with Crippen molar-refractivity contribution in [3.8, 4) is 0 Å². The van der Waals surface area contributed by atoms with Gasteiger partial charge in [0.05, 0.1) is 25.1 Å². The Morgan fingerprint density at radius 3 is 2.64 bits per heavy atom. The summed E-state index contributed by atoms with van der Waals surface area (Å²) in [5, 5.41) is 16.3. The highest BCUT2D eigenvalue weighted by Gasteiger charge is 2.67. The first-order valence-electron chi connectivity index (χ1n) is 14.7. The maximum Gasteiger partial charge on any atom is 0.335 e. The lowest BCUT2D eigenvalue weighted by atomic mass is 9.43. The van der Waals surface area contributed by atoms with E-state index in [9.17, 15) is 9.90 Å². The van der Waals surface area contributed by atoms with Crippen LogP contribution in [0, 0.1) is 28.6 Å². The third kappa shape index (κ3) is 4.02. The fourth-order valence-corrected chi connectivity index (χ4v) is 9.76.